The zero-order valence-electron chi connectivity index (χ0n) is 10.2. The lowest BCUT2D eigenvalue weighted by Crippen LogP contribution is -2.45. The fraction of sp³-hybridized carbons (Fsp3) is 0.385. The first-order chi connectivity index (χ1) is 7.98. The summed E-state index contributed by atoms with van der Waals surface area (Å²) in [4.78, 5) is 11.1. The third-order valence-electron chi connectivity index (χ3n) is 2.54. The second-order valence-electron chi connectivity index (χ2n) is 4.04. The van der Waals surface area contributed by atoms with Gasteiger partial charge in [0.05, 0.1) is 6.07 Å². The summed E-state index contributed by atoms with van der Waals surface area (Å²) in [5.41, 5.74) is -0.222. The van der Waals surface area contributed by atoms with Crippen LogP contribution in [0.1, 0.15) is 20.8 Å². The van der Waals surface area contributed by atoms with Gasteiger partial charge in [-0.3, -0.25) is 4.79 Å². The standard InChI is InChI=1S/C13H16N2O2/c1-10(9-14)13(3,17-11(2)16)15-12-7-5-4-6-8-12/h4-8,10,15H,1-3H3. The Bertz CT molecular complexity index is 425. The number of carbonyl (C=O) groups excluding carboxylic acids is 1. The van der Waals surface area contributed by atoms with Crippen molar-refractivity contribution in [2.24, 2.45) is 5.92 Å². The van der Waals surface area contributed by atoms with Gasteiger partial charge < -0.3 is 10.1 Å². The van der Waals surface area contributed by atoms with Gasteiger partial charge in [-0.15, -0.1) is 0 Å². The summed E-state index contributed by atoms with van der Waals surface area (Å²) in [5, 5.41) is 12.1. The molecule has 4 heteroatoms. The van der Waals surface area contributed by atoms with Crippen LogP contribution in [0.15, 0.2) is 30.3 Å². The van der Waals surface area contributed by atoms with Crippen molar-refractivity contribution in [1.29, 1.82) is 5.26 Å². The largest absolute Gasteiger partial charge is 0.438 e. The Morgan fingerprint density at radius 2 is 2.06 bits per heavy atom. The molecule has 1 N–H and O–H groups in total. The maximum atomic E-state index is 11.1. The summed E-state index contributed by atoms with van der Waals surface area (Å²) >= 11 is 0. The van der Waals surface area contributed by atoms with E-state index in [1.165, 1.54) is 6.92 Å². The Kier molecular flexibility index (Phi) is 4.11. The molecule has 90 valence electrons. The van der Waals surface area contributed by atoms with Gasteiger partial charge in [-0.05, 0) is 26.0 Å². The van der Waals surface area contributed by atoms with Gasteiger partial charge in [0, 0.05) is 12.6 Å². The number of nitrogens with one attached hydrogen (secondary N) is 1. The number of hydrogen-bond acceptors (Lipinski definition) is 4. The third kappa shape index (κ3) is 3.49. The Hall–Kier alpha value is -2.02. The number of nitriles is 1. The zero-order valence-corrected chi connectivity index (χ0v) is 10.2. The fourth-order valence-electron chi connectivity index (χ4n) is 1.45. The lowest BCUT2D eigenvalue weighted by atomic mass is 10.0. The van der Waals surface area contributed by atoms with Crippen molar-refractivity contribution < 1.29 is 9.53 Å². The SMILES string of the molecule is CC(=O)OC(C)(Nc1ccccc1)C(C)C#N. The van der Waals surface area contributed by atoms with Crippen LogP contribution >= 0.6 is 0 Å². The molecule has 0 aliphatic carbocycles. The van der Waals surface area contributed by atoms with Crippen LogP contribution in [0.2, 0.25) is 0 Å². The van der Waals surface area contributed by atoms with E-state index in [0.29, 0.717) is 0 Å². The first-order valence-corrected chi connectivity index (χ1v) is 5.40. The highest BCUT2D eigenvalue weighted by atomic mass is 16.6. The molecule has 0 bridgehead atoms. The lowest BCUT2D eigenvalue weighted by Gasteiger charge is -2.33. The van der Waals surface area contributed by atoms with Gasteiger partial charge in [0.15, 0.2) is 5.72 Å². The Labute approximate surface area is 101 Å². The maximum absolute atomic E-state index is 11.1. The predicted molar refractivity (Wildman–Crippen MR) is 65.0 cm³/mol. The molecular formula is C13H16N2O2. The summed E-state index contributed by atoms with van der Waals surface area (Å²) in [5.74, 6) is -0.885. The van der Waals surface area contributed by atoms with Crippen LogP contribution in [0.25, 0.3) is 0 Å². The zero-order chi connectivity index (χ0) is 12.9. The van der Waals surface area contributed by atoms with Crippen molar-refractivity contribution in [3.8, 4) is 6.07 Å². The van der Waals surface area contributed by atoms with E-state index in [-0.39, 0.29) is 0 Å². The summed E-state index contributed by atoms with van der Waals surface area (Å²) in [7, 11) is 0. The van der Waals surface area contributed by atoms with Crippen LogP contribution in [0.3, 0.4) is 0 Å². The molecule has 0 amide bonds. The Morgan fingerprint density at radius 3 is 2.53 bits per heavy atom. The van der Waals surface area contributed by atoms with E-state index in [1.54, 1.807) is 13.8 Å². The second kappa shape index (κ2) is 5.35. The molecule has 0 heterocycles. The van der Waals surface area contributed by atoms with Crippen molar-refractivity contribution in [3.05, 3.63) is 30.3 Å². The quantitative estimate of drug-likeness (QED) is 0.640. The molecule has 0 fully saturated rings. The summed E-state index contributed by atoms with van der Waals surface area (Å²) in [6.07, 6.45) is 0. The highest BCUT2D eigenvalue weighted by Gasteiger charge is 2.34. The van der Waals surface area contributed by atoms with Gasteiger partial charge in [-0.2, -0.15) is 5.26 Å². The van der Waals surface area contributed by atoms with Gasteiger partial charge in [-0.1, -0.05) is 18.2 Å². The molecule has 0 aliphatic heterocycles. The average Bonchev–Trinajstić information content (AvgIpc) is 2.28. The molecule has 2 unspecified atom stereocenters. The summed E-state index contributed by atoms with van der Waals surface area (Å²) in [6.45, 7) is 4.73. The molecule has 0 radical (unpaired) electrons. The van der Waals surface area contributed by atoms with Gasteiger partial charge in [0.2, 0.25) is 0 Å². The summed E-state index contributed by atoms with van der Waals surface area (Å²) in [6, 6.07) is 11.4. The van der Waals surface area contributed by atoms with E-state index in [0.717, 1.165) is 5.69 Å². The summed E-state index contributed by atoms with van der Waals surface area (Å²) < 4.78 is 5.22. The van der Waals surface area contributed by atoms with E-state index < -0.39 is 17.6 Å². The third-order valence-corrected chi connectivity index (χ3v) is 2.54. The van der Waals surface area contributed by atoms with Crippen molar-refractivity contribution in [3.63, 3.8) is 0 Å². The van der Waals surface area contributed by atoms with Crippen molar-refractivity contribution in [2.75, 3.05) is 5.32 Å². The van der Waals surface area contributed by atoms with Crippen molar-refractivity contribution >= 4 is 11.7 Å². The number of hydrogen-bond donors (Lipinski definition) is 1. The average molecular weight is 232 g/mol. The maximum Gasteiger partial charge on any atom is 0.304 e. The molecule has 1 aromatic rings. The van der Waals surface area contributed by atoms with E-state index in [9.17, 15) is 4.79 Å². The normalized spacial score (nSPS) is 15.2. The van der Waals surface area contributed by atoms with Gasteiger partial charge in [0.25, 0.3) is 0 Å². The molecular weight excluding hydrogens is 216 g/mol. The van der Waals surface area contributed by atoms with E-state index >= 15 is 0 Å². The van der Waals surface area contributed by atoms with Crippen molar-refractivity contribution in [2.45, 2.75) is 26.5 Å². The molecule has 0 aliphatic rings. The fourth-order valence-corrected chi connectivity index (χ4v) is 1.45. The highest BCUT2D eigenvalue weighted by Crippen LogP contribution is 2.24. The minimum atomic E-state index is -1.03. The van der Waals surface area contributed by atoms with Crippen LogP contribution in [-0.4, -0.2) is 11.7 Å². The molecule has 4 nitrogen and oxygen atoms in total. The minimum Gasteiger partial charge on any atom is -0.438 e. The highest BCUT2D eigenvalue weighted by molar-refractivity contribution is 5.67. The minimum absolute atomic E-state index is 0.418. The molecule has 0 spiro atoms. The monoisotopic (exact) mass is 232 g/mol. The molecule has 0 aromatic heterocycles. The first kappa shape index (κ1) is 13.0. The number of carbonyl (C=O) groups is 1. The van der Waals surface area contributed by atoms with Gasteiger partial charge in [-0.25, -0.2) is 0 Å². The Morgan fingerprint density at radius 1 is 1.47 bits per heavy atom. The second-order valence-corrected chi connectivity index (χ2v) is 4.04. The van der Waals surface area contributed by atoms with Gasteiger partial charge >= 0.3 is 5.97 Å². The molecule has 2 atom stereocenters. The van der Waals surface area contributed by atoms with E-state index in [2.05, 4.69) is 11.4 Å². The Balaban J connectivity index is 2.92. The molecule has 0 saturated carbocycles. The van der Waals surface area contributed by atoms with Crippen LogP contribution in [0.5, 0.6) is 0 Å². The lowest BCUT2D eigenvalue weighted by molar-refractivity contribution is -0.155. The molecule has 1 aromatic carbocycles. The van der Waals surface area contributed by atoms with Crippen LogP contribution in [-0.2, 0) is 9.53 Å². The number of anilines is 1. The topological polar surface area (TPSA) is 62.1 Å². The van der Waals surface area contributed by atoms with E-state index in [4.69, 9.17) is 10.00 Å². The van der Waals surface area contributed by atoms with E-state index in [1.807, 2.05) is 30.3 Å². The number of esters is 1. The molecule has 17 heavy (non-hydrogen) atoms. The van der Waals surface area contributed by atoms with Crippen LogP contribution in [0, 0.1) is 17.2 Å². The smallest absolute Gasteiger partial charge is 0.304 e. The van der Waals surface area contributed by atoms with Crippen LogP contribution < -0.4 is 5.32 Å². The predicted octanol–water partition coefficient (Wildman–Crippen LogP) is 2.54. The molecule has 0 saturated heterocycles. The first-order valence-electron chi connectivity index (χ1n) is 5.40. The number of rotatable bonds is 4. The number of para-hydroxylation sites is 1. The molecule has 1 rings (SSSR count). The number of benzene rings is 1. The number of nitrogens with zero attached hydrogens (tertiary/aromatic N) is 1. The van der Waals surface area contributed by atoms with Gasteiger partial charge in [0.1, 0.15) is 5.92 Å². The van der Waals surface area contributed by atoms with Crippen LogP contribution in [0.4, 0.5) is 5.69 Å². The van der Waals surface area contributed by atoms with Crippen molar-refractivity contribution in [1.82, 2.24) is 0 Å². The number of ether oxygens (including phenoxy) is 1.